The van der Waals surface area contributed by atoms with E-state index < -0.39 is 0 Å². The van der Waals surface area contributed by atoms with Gasteiger partial charge in [-0.15, -0.1) is 0 Å². The largest absolute Gasteiger partial charge is 0.467 e. The molecule has 2 rings (SSSR count). The molecule has 6 heteroatoms. The molecule has 0 aliphatic heterocycles. The lowest BCUT2D eigenvalue weighted by Gasteiger charge is -2.18. The number of rotatable bonds is 7. The number of nitrogens with zero attached hydrogens (tertiary/aromatic N) is 3. The molecule has 0 amide bonds. The van der Waals surface area contributed by atoms with Gasteiger partial charge in [0.15, 0.2) is 0 Å². The van der Waals surface area contributed by atoms with Crippen LogP contribution in [0.1, 0.15) is 5.76 Å². The topological polar surface area (TPSA) is 66.2 Å². The Hall–Kier alpha value is -2.08. The molecule has 0 saturated heterocycles. The van der Waals surface area contributed by atoms with Crippen molar-refractivity contribution in [3.8, 4) is 0 Å². The smallest absolute Gasteiger partial charge is 0.133 e. The van der Waals surface area contributed by atoms with Gasteiger partial charge in [0.2, 0.25) is 0 Å². The van der Waals surface area contributed by atoms with Crippen molar-refractivity contribution in [2.24, 2.45) is 0 Å². The van der Waals surface area contributed by atoms with E-state index >= 15 is 0 Å². The molecule has 0 aliphatic carbocycles. The van der Waals surface area contributed by atoms with Crippen molar-refractivity contribution in [2.75, 3.05) is 37.4 Å². The van der Waals surface area contributed by atoms with Gasteiger partial charge in [0.05, 0.1) is 12.8 Å². The van der Waals surface area contributed by atoms with Gasteiger partial charge in [0, 0.05) is 26.2 Å². The number of likely N-dealkylation sites (N-methyl/N-ethyl adjacent to an activating group) is 2. The fourth-order valence-corrected chi connectivity index (χ4v) is 1.64. The van der Waals surface area contributed by atoms with Gasteiger partial charge >= 0.3 is 0 Å². The van der Waals surface area contributed by atoms with Crippen LogP contribution in [0.15, 0.2) is 35.2 Å². The molecule has 0 saturated carbocycles. The molecular weight excluding hydrogens is 242 g/mol. The second kappa shape index (κ2) is 6.75. The molecule has 0 unspecified atom stereocenters. The number of anilines is 2. The van der Waals surface area contributed by atoms with Crippen LogP contribution in [0.5, 0.6) is 0 Å². The lowest BCUT2D eigenvalue weighted by atomic mass is 10.4. The Kier molecular flexibility index (Phi) is 4.74. The van der Waals surface area contributed by atoms with Crippen molar-refractivity contribution in [3.05, 3.63) is 36.5 Å². The molecule has 0 aromatic carbocycles. The molecule has 2 aromatic heterocycles. The Bertz CT molecular complexity index is 486. The van der Waals surface area contributed by atoms with Crippen LogP contribution < -0.4 is 15.5 Å². The van der Waals surface area contributed by atoms with Gasteiger partial charge in [0.25, 0.3) is 0 Å². The second-order valence-electron chi connectivity index (χ2n) is 4.22. The Labute approximate surface area is 112 Å². The maximum atomic E-state index is 5.26. The van der Waals surface area contributed by atoms with E-state index in [1.807, 2.05) is 32.3 Å². The summed E-state index contributed by atoms with van der Waals surface area (Å²) in [6.07, 6.45) is 3.23. The summed E-state index contributed by atoms with van der Waals surface area (Å²) in [5.74, 6) is 2.56. The van der Waals surface area contributed by atoms with Crippen LogP contribution in [-0.2, 0) is 6.54 Å². The van der Waals surface area contributed by atoms with E-state index in [0.29, 0.717) is 6.54 Å². The summed E-state index contributed by atoms with van der Waals surface area (Å²) >= 11 is 0. The van der Waals surface area contributed by atoms with Crippen molar-refractivity contribution in [2.45, 2.75) is 6.54 Å². The summed E-state index contributed by atoms with van der Waals surface area (Å²) in [7, 11) is 3.94. The third-order valence-corrected chi connectivity index (χ3v) is 2.76. The molecule has 0 atom stereocenters. The van der Waals surface area contributed by atoms with Gasteiger partial charge in [-0.25, -0.2) is 9.97 Å². The van der Waals surface area contributed by atoms with Crippen molar-refractivity contribution < 1.29 is 4.42 Å². The van der Waals surface area contributed by atoms with Crippen LogP contribution in [0.2, 0.25) is 0 Å². The van der Waals surface area contributed by atoms with Crippen LogP contribution in [0.4, 0.5) is 11.6 Å². The fourth-order valence-electron chi connectivity index (χ4n) is 1.64. The van der Waals surface area contributed by atoms with Gasteiger partial charge < -0.3 is 20.0 Å². The second-order valence-corrected chi connectivity index (χ2v) is 4.22. The zero-order chi connectivity index (χ0) is 13.5. The highest BCUT2D eigenvalue weighted by molar-refractivity contribution is 5.47. The van der Waals surface area contributed by atoms with E-state index in [1.54, 1.807) is 12.6 Å². The summed E-state index contributed by atoms with van der Waals surface area (Å²) in [5.41, 5.74) is 0. The zero-order valence-corrected chi connectivity index (χ0v) is 11.3. The molecule has 0 bridgehead atoms. The Morgan fingerprint density at radius 3 is 3.00 bits per heavy atom. The van der Waals surface area contributed by atoms with E-state index in [9.17, 15) is 0 Å². The van der Waals surface area contributed by atoms with Crippen LogP contribution >= 0.6 is 0 Å². The Morgan fingerprint density at radius 2 is 2.26 bits per heavy atom. The molecule has 0 spiro atoms. The van der Waals surface area contributed by atoms with Crippen molar-refractivity contribution >= 4 is 11.6 Å². The summed E-state index contributed by atoms with van der Waals surface area (Å²) in [6.45, 7) is 2.42. The van der Waals surface area contributed by atoms with Gasteiger partial charge in [-0.2, -0.15) is 0 Å². The maximum absolute atomic E-state index is 5.26. The van der Waals surface area contributed by atoms with Crippen LogP contribution in [0, 0.1) is 0 Å². The predicted octanol–water partition coefficient (Wildman–Crippen LogP) is 1.34. The summed E-state index contributed by atoms with van der Waals surface area (Å²) in [6, 6.07) is 5.72. The number of hydrogen-bond donors (Lipinski definition) is 2. The van der Waals surface area contributed by atoms with Crippen molar-refractivity contribution in [1.29, 1.82) is 0 Å². The number of nitrogens with one attached hydrogen (secondary N) is 2. The highest BCUT2D eigenvalue weighted by atomic mass is 16.3. The van der Waals surface area contributed by atoms with Gasteiger partial charge in [-0.05, 0) is 19.2 Å². The first-order valence-electron chi connectivity index (χ1n) is 6.23. The molecule has 0 fully saturated rings. The van der Waals surface area contributed by atoms with Crippen molar-refractivity contribution in [1.82, 2.24) is 15.3 Å². The minimum atomic E-state index is 0.615. The first-order chi connectivity index (χ1) is 9.29. The summed E-state index contributed by atoms with van der Waals surface area (Å²) < 4.78 is 5.26. The molecule has 0 aliphatic rings. The highest BCUT2D eigenvalue weighted by Gasteiger charge is 2.04. The predicted molar refractivity (Wildman–Crippen MR) is 75.3 cm³/mol. The van der Waals surface area contributed by atoms with Crippen LogP contribution in [0.3, 0.4) is 0 Å². The lowest BCUT2D eigenvalue weighted by Crippen LogP contribution is -2.27. The normalized spacial score (nSPS) is 10.4. The van der Waals surface area contributed by atoms with E-state index in [2.05, 4.69) is 25.5 Å². The average molecular weight is 261 g/mol. The van der Waals surface area contributed by atoms with E-state index in [-0.39, 0.29) is 0 Å². The van der Waals surface area contributed by atoms with E-state index in [1.165, 1.54) is 0 Å². The van der Waals surface area contributed by atoms with Gasteiger partial charge in [-0.1, -0.05) is 0 Å². The van der Waals surface area contributed by atoms with Crippen molar-refractivity contribution in [3.63, 3.8) is 0 Å². The number of aromatic nitrogens is 2. The first-order valence-corrected chi connectivity index (χ1v) is 6.23. The lowest BCUT2D eigenvalue weighted by molar-refractivity contribution is 0.518. The fraction of sp³-hybridized carbons (Fsp3) is 0.385. The third-order valence-electron chi connectivity index (χ3n) is 2.76. The van der Waals surface area contributed by atoms with Crippen LogP contribution in [-0.4, -0.2) is 37.2 Å². The molecule has 6 nitrogen and oxygen atoms in total. The quantitative estimate of drug-likeness (QED) is 0.784. The Balaban J connectivity index is 1.94. The maximum Gasteiger partial charge on any atom is 0.133 e. The standard InChI is InChI=1S/C13H19N5O/c1-14-5-6-18(2)13-8-12(16-10-17-13)15-9-11-4-3-7-19-11/h3-4,7-8,10,14H,5-6,9H2,1-2H3,(H,15,16,17). The summed E-state index contributed by atoms with van der Waals surface area (Å²) in [5, 5.41) is 6.32. The van der Waals surface area contributed by atoms with Gasteiger partial charge in [-0.3, -0.25) is 0 Å². The van der Waals surface area contributed by atoms with Crippen LogP contribution in [0.25, 0.3) is 0 Å². The molecule has 2 heterocycles. The summed E-state index contributed by atoms with van der Waals surface area (Å²) in [4.78, 5) is 10.5. The minimum absolute atomic E-state index is 0.615. The average Bonchev–Trinajstić information content (AvgIpc) is 2.96. The number of hydrogen-bond acceptors (Lipinski definition) is 6. The third kappa shape index (κ3) is 3.96. The molecular formula is C13H19N5O. The minimum Gasteiger partial charge on any atom is -0.467 e. The zero-order valence-electron chi connectivity index (χ0n) is 11.3. The van der Waals surface area contributed by atoms with Gasteiger partial charge in [0.1, 0.15) is 23.7 Å². The van der Waals surface area contributed by atoms with E-state index in [0.717, 1.165) is 30.5 Å². The molecule has 0 radical (unpaired) electrons. The SMILES string of the molecule is CNCCN(C)c1cc(NCc2ccco2)ncn1. The highest BCUT2D eigenvalue weighted by Crippen LogP contribution is 2.13. The molecule has 102 valence electrons. The Morgan fingerprint density at radius 1 is 1.37 bits per heavy atom. The molecule has 2 N–H and O–H groups in total. The molecule has 2 aromatic rings. The monoisotopic (exact) mass is 261 g/mol. The molecule has 19 heavy (non-hydrogen) atoms. The van der Waals surface area contributed by atoms with E-state index in [4.69, 9.17) is 4.42 Å². The number of furan rings is 1. The first kappa shape index (κ1) is 13.4.